The highest BCUT2D eigenvalue weighted by molar-refractivity contribution is 5.68. The van der Waals surface area contributed by atoms with Crippen molar-refractivity contribution in [3.63, 3.8) is 0 Å². The van der Waals surface area contributed by atoms with Gasteiger partial charge in [-0.25, -0.2) is 9.59 Å². The van der Waals surface area contributed by atoms with Gasteiger partial charge in [-0.15, -0.1) is 0 Å². The highest BCUT2D eigenvalue weighted by Crippen LogP contribution is 2.23. The third kappa shape index (κ3) is 12.0. The van der Waals surface area contributed by atoms with Crippen LogP contribution in [0.3, 0.4) is 0 Å². The summed E-state index contributed by atoms with van der Waals surface area (Å²) in [4.78, 5) is 26.4. The molecule has 7 N–H and O–H groups in total. The molecule has 0 unspecified atom stereocenters. The molecule has 0 saturated heterocycles. The number of aliphatic hydroxyl groups is 2. The maximum absolute atomic E-state index is 12.8. The third-order valence-electron chi connectivity index (χ3n) is 7.12. The molecule has 0 bridgehead atoms. The van der Waals surface area contributed by atoms with E-state index in [4.69, 9.17) is 10.5 Å². The zero-order valence-corrected chi connectivity index (χ0v) is 25.6. The lowest BCUT2D eigenvalue weighted by atomic mass is 9.94. The first-order chi connectivity index (χ1) is 19.7. The van der Waals surface area contributed by atoms with Gasteiger partial charge in [0.1, 0.15) is 5.60 Å². The Morgan fingerprint density at radius 1 is 0.881 bits per heavy atom. The van der Waals surface area contributed by atoms with Gasteiger partial charge in [-0.2, -0.15) is 0 Å². The van der Waals surface area contributed by atoms with Gasteiger partial charge in [-0.05, 0) is 78.0 Å². The normalized spacial score (nSPS) is 14.9. The number of carboxylic acid groups (broad SMARTS) is 1. The Hall–Kier alpha value is -3.18. The zero-order chi connectivity index (χ0) is 31.3. The van der Waals surface area contributed by atoms with Crippen LogP contribution >= 0.6 is 0 Å². The minimum atomic E-state index is -1.12. The summed E-state index contributed by atoms with van der Waals surface area (Å²) in [5, 5.41) is 38.3. The number of rotatable bonds is 16. The molecule has 0 spiro atoms. The monoisotopic (exact) mass is 586 g/mol. The highest BCUT2D eigenvalue weighted by Gasteiger charge is 2.37. The fraction of sp³-hybridized carbons (Fsp3) is 0.562. The SMILES string of the molecule is CC(C)(CCCN)OC(=O)N[C@@H](Cc1ccccc1)[C@H](O)CNC[C@@H](O)[C@H](Cc1ccccc1)N(C(=O)O)C(C)(C)C. The minimum Gasteiger partial charge on any atom is -0.465 e. The Bertz CT molecular complexity index is 1080. The van der Waals surface area contributed by atoms with Crippen molar-refractivity contribution in [2.45, 2.75) is 95.7 Å². The number of hydrogen-bond acceptors (Lipinski definition) is 7. The van der Waals surface area contributed by atoms with Crippen LogP contribution in [-0.2, 0) is 17.6 Å². The molecule has 2 amide bonds. The Labute approximate surface area is 250 Å². The van der Waals surface area contributed by atoms with Gasteiger partial charge in [0.2, 0.25) is 0 Å². The number of carbonyl (C=O) groups excluding carboxylic acids is 1. The number of carbonyl (C=O) groups is 2. The lowest BCUT2D eigenvalue weighted by Gasteiger charge is -2.42. The lowest BCUT2D eigenvalue weighted by molar-refractivity contribution is 0.00592. The molecule has 10 heteroatoms. The van der Waals surface area contributed by atoms with Crippen molar-refractivity contribution in [3.05, 3.63) is 71.8 Å². The zero-order valence-electron chi connectivity index (χ0n) is 25.6. The first kappa shape index (κ1) is 35.0. The fourth-order valence-corrected chi connectivity index (χ4v) is 5.00. The van der Waals surface area contributed by atoms with Crippen LogP contribution in [0.15, 0.2) is 60.7 Å². The minimum absolute atomic E-state index is 0.0308. The summed E-state index contributed by atoms with van der Waals surface area (Å²) < 4.78 is 5.63. The molecular formula is C32H50N4O6. The maximum Gasteiger partial charge on any atom is 0.408 e. The number of hydrogen-bond donors (Lipinski definition) is 6. The molecule has 0 aliphatic rings. The second kappa shape index (κ2) is 16.5. The molecule has 2 aromatic carbocycles. The molecule has 0 fully saturated rings. The molecular weight excluding hydrogens is 536 g/mol. The average molecular weight is 587 g/mol. The Morgan fingerprint density at radius 2 is 1.40 bits per heavy atom. The van der Waals surface area contributed by atoms with E-state index in [-0.39, 0.29) is 13.1 Å². The van der Waals surface area contributed by atoms with Crippen molar-refractivity contribution in [1.29, 1.82) is 0 Å². The molecule has 234 valence electrons. The van der Waals surface area contributed by atoms with E-state index in [0.717, 1.165) is 11.1 Å². The van der Waals surface area contributed by atoms with Crippen molar-refractivity contribution in [1.82, 2.24) is 15.5 Å². The van der Waals surface area contributed by atoms with Gasteiger partial charge >= 0.3 is 12.2 Å². The first-order valence-corrected chi connectivity index (χ1v) is 14.6. The van der Waals surface area contributed by atoms with E-state index in [9.17, 15) is 24.9 Å². The van der Waals surface area contributed by atoms with E-state index in [1.54, 1.807) is 20.8 Å². The molecule has 42 heavy (non-hydrogen) atoms. The van der Waals surface area contributed by atoms with Gasteiger partial charge in [0.25, 0.3) is 0 Å². The summed E-state index contributed by atoms with van der Waals surface area (Å²) in [7, 11) is 0. The van der Waals surface area contributed by atoms with Crippen LogP contribution in [0.2, 0.25) is 0 Å². The molecule has 0 aliphatic carbocycles. The number of ether oxygens (including phenoxy) is 1. The summed E-state index contributed by atoms with van der Waals surface area (Å²) in [5.41, 5.74) is 5.96. The molecule has 4 atom stereocenters. The van der Waals surface area contributed by atoms with Gasteiger partial charge in [-0.1, -0.05) is 60.7 Å². The summed E-state index contributed by atoms with van der Waals surface area (Å²) in [6.45, 7) is 9.58. The number of nitrogens with zero attached hydrogens (tertiary/aromatic N) is 1. The van der Waals surface area contributed by atoms with E-state index < -0.39 is 47.6 Å². The average Bonchev–Trinajstić information content (AvgIpc) is 2.91. The largest absolute Gasteiger partial charge is 0.465 e. The number of nitrogens with two attached hydrogens (primary N) is 1. The fourth-order valence-electron chi connectivity index (χ4n) is 5.00. The number of nitrogens with one attached hydrogen (secondary N) is 2. The van der Waals surface area contributed by atoms with Crippen LogP contribution in [0, 0.1) is 0 Å². The molecule has 10 nitrogen and oxygen atoms in total. The van der Waals surface area contributed by atoms with Crippen LogP contribution in [0.4, 0.5) is 9.59 Å². The topological polar surface area (TPSA) is 157 Å². The second-order valence-electron chi connectivity index (χ2n) is 12.4. The van der Waals surface area contributed by atoms with Crippen molar-refractivity contribution in [2.24, 2.45) is 5.73 Å². The van der Waals surface area contributed by atoms with E-state index in [2.05, 4.69) is 10.6 Å². The molecule has 0 heterocycles. The van der Waals surface area contributed by atoms with Crippen molar-refractivity contribution >= 4 is 12.2 Å². The Balaban J connectivity index is 2.12. The van der Waals surface area contributed by atoms with E-state index >= 15 is 0 Å². The molecule has 0 saturated carbocycles. The van der Waals surface area contributed by atoms with Crippen LogP contribution < -0.4 is 16.4 Å². The van der Waals surface area contributed by atoms with Crippen LogP contribution in [-0.4, -0.2) is 87.5 Å². The molecule has 0 aliphatic heterocycles. The standard InChI is InChI=1S/C32H50N4O6/c1-31(2,3)36(30(40)41)26(20-24-15-10-7-11-16-24)28(38)22-34-21-27(37)25(19-23-13-8-6-9-14-23)35-29(39)42-32(4,5)17-12-18-33/h6-11,13-16,25-28,34,37-38H,12,17-22,33H2,1-5H3,(H,35,39)(H,40,41)/t25-,26-,27+,28+/m0/s1. The molecule has 0 radical (unpaired) electrons. The van der Waals surface area contributed by atoms with Crippen LogP contribution in [0.25, 0.3) is 0 Å². The van der Waals surface area contributed by atoms with Crippen molar-refractivity contribution in [2.75, 3.05) is 19.6 Å². The number of benzene rings is 2. The quantitative estimate of drug-likeness (QED) is 0.174. The van der Waals surface area contributed by atoms with Gasteiger partial charge in [0, 0.05) is 18.6 Å². The van der Waals surface area contributed by atoms with Gasteiger partial charge < -0.3 is 36.4 Å². The maximum atomic E-state index is 12.8. The number of aliphatic hydroxyl groups excluding tert-OH is 2. The van der Waals surface area contributed by atoms with Crippen molar-refractivity contribution < 1.29 is 29.6 Å². The second-order valence-corrected chi connectivity index (χ2v) is 12.4. The van der Waals surface area contributed by atoms with E-state index in [1.165, 1.54) is 4.90 Å². The molecule has 2 aromatic rings. The first-order valence-electron chi connectivity index (χ1n) is 14.6. The predicted molar refractivity (Wildman–Crippen MR) is 164 cm³/mol. The number of alkyl carbamates (subject to hydrolysis) is 1. The van der Waals surface area contributed by atoms with Crippen LogP contribution in [0.1, 0.15) is 58.6 Å². The smallest absolute Gasteiger partial charge is 0.408 e. The Morgan fingerprint density at radius 3 is 1.90 bits per heavy atom. The van der Waals surface area contributed by atoms with Crippen LogP contribution in [0.5, 0.6) is 0 Å². The highest BCUT2D eigenvalue weighted by atomic mass is 16.6. The lowest BCUT2D eigenvalue weighted by Crippen LogP contribution is -2.58. The molecule has 0 aromatic heterocycles. The van der Waals surface area contributed by atoms with Gasteiger partial charge in [0.15, 0.2) is 0 Å². The summed E-state index contributed by atoms with van der Waals surface area (Å²) in [6, 6.07) is 17.5. The van der Waals surface area contributed by atoms with Gasteiger partial charge in [0.05, 0.1) is 24.3 Å². The predicted octanol–water partition coefficient (Wildman–Crippen LogP) is 3.54. The van der Waals surface area contributed by atoms with E-state index in [0.29, 0.717) is 32.2 Å². The van der Waals surface area contributed by atoms with Crippen molar-refractivity contribution in [3.8, 4) is 0 Å². The van der Waals surface area contributed by atoms with E-state index in [1.807, 2.05) is 74.5 Å². The summed E-state index contributed by atoms with van der Waals surface area (Å²) in [5.74, 6) is 0. The Kier molecular flexibility index (Phi) is 13.7. The summed E-state index contributed by atoms with van der Waals surface area (Å²) in [6.07, 6.45) is -1.86. The van der Waals surface area contributed by atoms with Gasteiger partial charge in [-0.3, -0.25) is 4.90 Å². The molecule has 2 rings (SSSR count). The number of amides is 2. The third-order valence-corrected chi connectivity index (χ3v) is 7.12. The summed E-state index contributed by atoms with van der Waals surface area (Å²) >= 11 is 0.